The molecule has 8 unspecified atom stereocenters. The number of hydrogen-bond donors (Lipinski definition) is 0. The van der Waals surface area contributed by atoms with E-state index in [-0.39, 0.29) is 42.1 Å². The first kappa shape index (κ1) is 15.3. The Morgan fingerprint density at radius 1 is 1.19 bits per heavy atom. The van der Waals surface area contributed by atoms with Crippen molar-refractivity contribution in [2.45, 2.75) is 63.4 Å². The molecular weight excluding hydrogens is 336 g/mol. The third kappa shape index (κ3) is 1.40. The highest BCUT2D eigenvalue weighted by molar-refractivity contribution is 5.87. The molecule has 138 valence electrons. The van der Waals surface area contributed by atoms with Crippen LogP contribution >= 0.6 is 0 Å². The Hall–Kier alpha value is -1.82. The van der Waals surface area contributed by atoms with E-state index in [1.165, 1.54) is 0 Å². The molecule has 0 radical (unpaired) electrons. The zero-order chi connectivity index (χ0) is 17.9. The molecule has 2 aliphatic carbocycles. The molecule has 2 saturated carbocycles. The third-order valence-corrected chi connectivity index (χ3v) is 8.31. The van der Waals surface area contributed by atoms with E-state index in [9.17, 15) is 9.59 Å². The molecule has 1 aromatic rings. The summed E-state index contributed by atoms with van der Waals surface area (Å²) in [4.78, 5) is 26.3. The van der Waals surface area contributed by atoms with Gasteiger partial charge in [0.1, 0.15) is 29.3 Å². The Labute approximate surface area is 151 Å². The van der Waals surface area contributed by atoms with Gasteiger partial charge < -0.3 is 18.6 Å². The van der Waals surface area contributed by atoms with Crippen LogP contribution in [0.4, 0.5) is 0 Å². The smallest absolute Gasteiger partial charge is 0.315 e. The summed E-state index contributed by atoms with van der Waals surface area (Å²) in [7, 11) is 0. The van der Waals surface area contributed by atoms with Gasteiger partial charge in [0.15, 0.2) is 0 Å². The minimum Gasteiger partial charge on any atom is -0.472 e. The predicted octanol–water partition coefficient (Wildman–Crippen LogP) is 2.77. The van der Waals surface area contributed by atoms with E-state index in [0.29, 0.717) is 12.8 Å². The van der Waals surface area contributed by atoms with E-state index in [2.05, 4.69) is 6.92 Å². The summed E-state index contributed by atoms with van der Waals surface area (Å²) < 4.78 is 22.8. The second kappa shape index (κ2) is 4.35. The van der Waals surface area contributed by atoms with Crippen LogP contribution in [0.25, 0.3) is 0 Å². The fraction of sp³-hybridized carbons (Fsp3) is 0.700. The van der Waals surface area contributed by atoms with Gasteiger partial charge in [-0.1, -0.05) is 6.92 Å². The number of epoxide rings is 1. The quantitative estimate of drug-likeness (QED) is 0.567. The molecule has 4 aliphatic heterocycles. The molecule has 2 spiro atoms. The molecule has 2 bridgehead atoms. The second-order valence-corrected chi connectivity index (χ2v) is 8.98. The van der Waals surface area contributed by atoms with Gasteiger partial charge in [-0.15, -0.1) is 0 Å². The lowest BCUT2D eigenvalue weighted by molar-refractivity contribution is -0.219. The second-order valence-electron chi connectivity index (χ2n) is 8.98. The molecule has 6 heteroatoms. The maximum absolute atomic E-state index is 13.3. The normalized spacial score (nSPS) is 53.8. The molecule has 0 amide bonds. The monoisotopic (exact) mass is 358 g/mol. The van der Waals surface area contributed by atoms with Gasteiger partial charge in [0.25, 0.3) is 0 Å². The van der Waals surface area contributed by atoms with Crippen molar-refractivity contribution in [3.05, 3.63) is 24.2 Å². The Kier molecular flexibility index (Phi) is 2.55. The van der Waals surface area contributed by atoms with Crippen LogP contribution in [0.5, 0.6) is 0 Å². The van der Waals surface area contributed by atoms with E-state index in [1.807, 2.05) is 13.0 Å². The van der Waals surface area contributed by atoms with E-state index in [0.717, 1.165) is 18.4 Å². The van der Waals surface area contributed by atoms with Crippen molar-refractivity contribution in [2.75, 3.05) is 0 Å². The predicted molar refractivity (Wildman–Crippen MR) is 86.7 cm³/mol. The summed E-state index contributed by atoms with van der Waals surface area (Å²) >= 11 is 0. The van der Waals surface area contributed by atoms with Crippen molar-refractivity contribution in [1.82, 2.24) is 0 Å². The first-order valence-corrected chi connectivity index (χ1v) is 9.55. The third-order valence-electron chi connectivity index (χ3n) is 8.31. The summed E-state index contributed by atoms with van der Waals surface area (Å²) in [6, 6.07) is 1.85. The van der Waals surface area contributed by atoms with Crippen molar-refractivity contribution in [1.29, 1.82) is 0 Å². The fourth-order valence-corrected chi connectivity index (χ4v) is 6.84. The lowest BCUT2D eigenvalue weighted by Gasteiger charge is -2.60. The average Bonchev–Trinajstić information content (AvgIpc) is 2.96. The largest absolute Gasteiger partial charge is 0.472 e. The number of carbonyl (C=O) groups excluding carboxylic acids is 2. The van der Waals surface area contributed by atoms with Crippen molar-refractivity contribution in [3.8, 4) is 0 Å². The highest BCUT2D eigenvalue weighted by Gasteiger charge is 2.85. The number of ether oxygens (including phenoxy) is 3. The van der Waals surface area contributed by atoms with E-state index in [4.69, 9.17) is 18.6 Å². The van der Waals surface area contributed by atoms with Gasteiger partial charge in [0.2, 0.25) is 0 Å². The maximum atomic E-state index is 13.3. The molecule has 4 saturated heterocycles. The standard InChI is InChI=1S/C20H22O6/c1-10-3-5-20-14(7-12(24-17(20)22)15-18(20,2)26-15)19(10)8-13(25-16(19)21)11-4-6-23-9-11/h4,6,9-10,12-15H,3,5,7-8H2,1-2H3. The van der Waals surface area contributed by atoms with Gasteiger partial charge in [0.05, 0.1) is 17.9 Å². The Morgan fingerprint density at radius 2 is 2.04 bits per heavy atom. The molecule has 5 heterocycles. The Morgan fingerprint density at radius 3 is 2.81 bits per heavy atom. The molecule has 8 atom stereocenters. The number of fused-ring (bicyclic) bond motifs is 1. The van der Waals surface area contributed by atoms with Gasteiger partial charge >= 0.3 is 11.9 Å². The van der Waals surface area contributed by atoms with Gasteiger partial charge in [-0.3, -0.25) is 9.59 Å². The zero-order valence-corrected chi connectivity index (χ0v) is 14.9. The number of furan rings is 1. The van der Waals surface area contributed by atoms with Crippen molar-refractivity contribution < 1.29 is 28.2 Å². The molecule has 0 aromatic carbocycles. The van der Waals surface area contributed by atoms with Crippen molar-refractivity contribution >= 4 is 11.9 Å². The molecule has 26 heavy (non-hydrogen) atoms. The van der Waals surface area contributed by atoms with Crippen LogP contribution in [-0.2, 0) is 23.8 Å². The number of carbonyl (C=O) groups is 2. The van der Waals surface area contributed by atoms with Gasteiger partial charge in [-0.2, -0.15) is 0 Å². The van der Waals surface area contributed by atoms with Gasteiger partial charge in [0, 0.05) is 12.0 Å². The molecule has 6 nitrogen and oxygen atoms in total. The fourth-order valence-electron chi connectivity index (χ4n) is 6.84. The highest BCUT2D eigenvalue weighted by Crippen LogP contribution is 2.75. The van der Waals surface area contributed by atoms with Crippen molar-refractivity contribution in [2.24, 2.45) is 22.7 Å². The van der Waals surface area contributed by atoms with E-state index >= 15 is 0 Å². The molecule has 0 N–H and O–H groups in total. The van der Waals surface area contributed by atoms with Crippen LogP contribution in [0.15, 0.2) is 23.0 Å². The first-order valence-electron chi connectivity index (χ1n) is 9.55. The van der Waals surface area contributed by atoms with Crippen LogP contribution < -0.4 is 0 Å². The summed E-state index contributed by atoms with van der Waals surface area (Å²) in [6.45, 7) is 4.17. The minimum absolute atomic E-state index is 0.0102. The number of hydrogen-bond acceptors (Lipinski definition) is 6. The maximum Gasteiger partial charge on any atom is 0.315 e. The summed E-state index contributed by atoms with van der Waals surface area (Å²) in [5, 5.41) is 0. The minimum atomic E-state index is -0.719. The van der Waals surface area contributed by atoms with Crippen LogP contribution in [-0.4, -0.2) is 29.7 Å². The summed E-state index contributed by atoms with van der Waals surface area (Å²) in [6.07, 6.45) is 5.51. The summed E-state index contributed by atoms with van der Waals surface area (Å²) in [5.74, 6) is -0.254. The van der Waals surface area contributed by atoms with E-state index < -0.39 is 16.4 Å². The highest BCUT2D eigenvalue weighted by atomic mass is 16.7. The summed E-state index contributed by atoms with van der Waals surface area (Å²) in [5.41, 5.74) is -0.977. The number of esters is 2. The van der Waals surface area contributed by atoms with Gasteiger partial charge in [-0.25, -0.2) is 0 Å². The molecule has 1 aromatic heterocycles. The first-order chi connectivity index (χ1) is 12.4. The number of cyclic esters (lactones) is 1. The molecule has 6 fully saturated rings. The van der Waals surface area contributed by atoms with Crippen molar-refractivity contribution in [3.63, 3.8) is 0 Å². The topological polar surface area (TPSA) is 78.3 Å². The lowest BCUT2D eigenvalue weighted by atomic mass is 9.42. The SMILES string of the molecule is CC1CCC23C(=O)OC(CC2C12CC(c1ccoc1)OC2=O)C1OC13C. The van der Waals surface area contributed by atoms with Gasteiger partial charge in [-0.05, 0) is 44.1 Å². The Bertz CT molecular complexity index is 816. The van der Waals surface area contributed by atoms with Crippen LogP contribution in [0.2, 0.25) is 0 Å². The van der Waals surface area contributed by atoms with Crippen LogP contribution in [0.3, 0.4) is 0 Å². The lowest BCUT2D eigenvalue weighted by Crippen LogP contribution is -2.69. The molecule has 6 aliphatic rings. The van der Waals surface area contributed by atoms with Crippen LogP contribution in [0, 0.1) is 22.7 Å². The van der Waals surface area contributed by atoms with E-state index in [1.54, 1.807) is 12.5 Å². The Balaban J connectivity index is 1.48. The molecule has 7 rings (SSSR count). The van der Waals surface area contributed by atoms with Crippen LogP contribution in [0.1, 0.15) is 51.2 Å². The molecular formula is C20H22O6. The average molecular weight is 358 g/mol. The zero-order valence-electron chi connectivity index (χ0n) is 14.9. The number of rotatable bonds is 1.